The molecule has 3 atom stereocenters. The number of carbonyl (C=O) groups is 5. The highest BCUT2D eigenvalue weighted by molar-refractivity contribution is 6.31. The second-order valence-electron chi connectivity index (χ2n) is 18.6. The third kappa shape index (κ3) is 6.78. The molecule has 5 amide bonds. The lowest BCUT2D eigenvalue weighted by atomic mass is 9.49. The third-order valence-corrected chi connectivity index (χ3v) is 14.5. The molecule has 5 aliphatic heterocycles. The highest BCUT2D eigenvalue weighted by Crippen LogP contribution is 2.55. The summed E-state index contributed by atoms with van der Waals surface area (Å²) >= 11 is 6.26. The van der Waals surface area contributed by atoms with Gasteiger partial charge in [0.05, 0.1) is 21.7 Å². The lowest BCUT2D eigenvalue weighted by Gasteiger charge is -2.63. The molecule has 1 saturated carbocycles. The van der Waals surface area contributed by atoms with Crippen LogP contribution in [0.3, 0.4) is 0 Å². The van der Waals surface area contributed by atoms with Gasteiger partial charge in [0.1, 0.15) is 24.0 Å². The zero-order chi connectivity index (χ0) is 42.2. The Morgan fingerprint density at radius 1 is 0.883 bits per heavy atom. The number of hydrogen-bond acceptors (Lipinski definition) is 10. The molecule has 9 rings (SSSR count). The van der Waals surface area contributed by atoms with E-state index in [1.807, 2.05) is 18.2 Å². The SMILES string of the molecule is CC1(C)C(NC(=O)c2ccc(N3CCC(CN4C[C@H]5C[C@@H]4CN5c4ccc5c(c4)C(=O)N([C@@H]4CCC(=O)NC4=O)C5=O)CC3)cc2)C(C)(C)C1Oc1ccc(C#N)c(Cl)c1. The van der Waals surface area contributed by atoms with Crippen LogP contribution in [-0.2, 0) is 9.59 Å². The minimum atomic E-state index is -0.972. The number of anilines is 2. The van der Waals surface area contributed by atoms with Gasteiger partial charge in [0.2, 0.25) is 11.8 Å². The molecule has 3 aromatic rings. The molecule has 3 aromatic carbocycles. The first-order valence-electron chi connectivity index (χ1n) is 21.0. The van der Waals surface area contributed by atoms with E-state index in [-0.39, 0.29) is 47.6 Å². The van der Waals surface area contributed by atoms with Crippen molar-refractivity contribution in [1.29, 1.82) is 5.26 Å². The maximum Gasteiger partial charge on any atom is 0.262 e. The second kappa shape index (κ2) is 14.9. The summed E-state index contributed by atoms with van der Waals surface area (Å²) in [6.07, 6.45) is 3.29. The van der Waals surface area contributed by atoms with Gasteiger partial charge in [0.15, 0.2) is 0 Å². The van der Waals surface area contributed by atoms with Gasteiger partial charge in [-0.2, -0.15) is 5.26 Å². The highest BCUT2D eigenvalue weighted by atomic mass is 35.5. The number of piperazine rings is 1. The molecule has 0 radical (unpaired) electrons. The van der Waals surface area contributed by atoms with Crippen molar-refractivity contribution in [3.8, 4) is 11.8 Å². The Balaban J connectivity index is 0.747. The number of nitrogens with one attached hydrogen (secondary N) is 2. The first-order chi connectivity index (χ1) is 28.6. The Kier molecular flexibility index (Phi) is 9.94. The normalized spacial score (nSPS) is 27.1. The van der Waals surface area contributed by atoms with Crippen molar-refractivity contribution in [2.75, 3.05) is 42.5 Å². The summed E-state index contributed by atoms with van der Waals surface area (Å²) in [7, 11) is 0. The number of halogens is 1. The number of carbonyl (C=O) groups excluding carboxylic acids is 5. The lowest BCUT2D eigenvalue weighted by Crippen LogP contribution is -2.74. The highest BCUT2D eigenvalue weighted by Gasteiger charge is 2.64. The fourth-order valence-corrected chi connectivity index (χ4v) is 11.5. The Bertz CT molecular complexity index is 2320. The van der Waals surface area contributed by atoms with Crippen molar-refractivity contribution in [3.05, 3.63) is 87.9 Å². The van der Waals surface area contributed by atoms with Gasteiger partial charge < -0.3 is 19.9 Å². The maximum absolute atomic E-state index is 13.5. The van der Waals surface area contributed by atoms with Crippen LogP contribution in [0.1, 0.15) is 96.4 Å². The predicted octanol–water partition coefficient (Wildman–Crippen LogP) is 5.40. The molecule has 13 nitrogen and oxygen atoms in total. The van der Waals surface area contributed by atoms with E-state index in [1.54, 1.807) is 30.3 Å². The Morgan fingerprint density at radius 2 is 1.58 bits per heavy atom. The number of fused-ring (bicyclic) bond motifs is 3. The number of likely N-dealkylation sites (tertiary alicyclic amines) is 1. The molecule has 0 spiro atoms. The van der Waals surface area contributed by atoms with Crippen LogP contribution in [0.5, 0.6) is 5.75 Å². The molecule has 60 heavy (non-hydrogen) atoms. The zero-order valence-corrected chi connectivity index (χ0v) is 35.1. The minimum absolute atomic E-state index is 0.0932. The van der Waals surface area contributed by atoms with Gasteiger partial charge in [-0.05, 0) is 86.2 Å². The molecule has 312 valence electrons. The van der Waals surface area contributed by atoms with Crippen LogP contribution < -0.4 is 25.2 Å². The fourth-order valence-electron chi connectivity index (χ4n) is 11.3. The van der Waals surface area contributed by atoms with Crippen molar-refractivity contribution < 1.29 is 28.7 Å². The summed E-state index contributed by atoms with van der Waals surface area (Å²) in [6.45, 7) is 13.2. The van der Waals surface area contributed by atoms with Gasteiger partial charge in [0, 0.05) is 91.1 Å². The van der Waals surface area contributed by atoms with Crippen LogP contribution in [-0.4, -0.2) is 102 Å². The van der Waals surface area contributed by atoms with Crippen LogP contribution in [0.2, 0.25) is 5.02 Å². The predicted molar refractivity (Wildman–Crippen MR) is 225 cm³/mol. The molecule has 14 heteroatoms. The number of rotatable bonds is 9. The van der Waals surface area contributed by atoms with Crippen LogP contribution in [0.15, 0.2) is 60.7 Å². The summed E-state index contributed by atoms with van der Waals surface area (Å²) in [4.78, 5) is 72.7. The van der Waals surface area contributed by atoms with Crippen molar-refractivity contribution >= 4 is 52.5 Å². The van der Waals surface area contributed by atoms with Crippen molar-refractivity contribution in [2.24, 2.45) is 16.7 Å². The van der Waals surface area contributed by atoms with Crippen LogP contribution in [0, 0.1) is 28.1 Å². The second-order valence-corrected chi connectivity index (χ2v) is 19.0. The van der Waals surface area contributed by atoms with Gasteiger partial charge in [-0.1, -0.05) is 39.3 Å². The van der Waals surface area contributed by atoms with E-state index in [2.05, 4.69) is 71.2 Å². The molecular weight excluding hydrogens is 782 g/mol. The van der Waals surface area contributed by atoms with Crippen molar-refractivity contribution in [1.82, 2.24) is 20.4 Å². The number of nitrogens with zero attached hydrogens (tertiary/aromatic N) is 5. The molecule has 5 heterocycles. The summed E-state index contributed by atoms with van der Waals surface area (Å²) in [5, 5.41) is 15.1. The number of amides is 5. The van der Waals surface area contributed by atoms with E-state index in [0.29, 0.717) is 51.0 Å². The number of hydrogen-bond donors (Lipinski definition) is 2. The topological polar surface area (TPSA) is 155 Å². The molecule has 4 saturated heterocycles. The number of imide groups is 2. The Labute approximate surface area is 354 Å². The van der Waals surface area contributed by atoms with Crippen LogP contribution in [0.4, 0.5) is 11.4 Å². The van der Waals surface area contributed by atoms with Crippen molar-refractivity contribution in [2.45, 2.75) is 90.1 Å². The average molecular weight is 832 g/mol. The number of benzene rings is 3. The minimum Gasteiger partial charge on any atom is -0.489 e. The van der Waals surface area contributed by atoms with Gasteiger partial charge >= 0.3 is 0 Å². The smallest absolute Gasteiger partial charge is 0.262 e. The largest absolute Gasteiger partial charge is 0.489 e. The van der Waals surface area contributed by atoms with E-state index >= 15 is 0 Å². The molecule has 6 aliphatic rings. The molecule has 5 fully saturated rings. The van der Waals surface area contributed by atoms with Gasteiger partial charge in [-0.3, -0.25) is 39.1 Å². The quantitative estimate of drug-likeness (QED) is 0.268. The lowest BCUT2D eigenvalue weighted by molar-refractivity contribution is -0.164. The first-order valence-corrected chi connectivity index (χ1v) is 21.4. The van der Waals surface area contributed by atoms with Gasteiger partial charge in [-0.15, -0.1) is 0 Å². The summed E-state index contributed by atoms with van der Waals surface area (Å²) in [5.41, 5.74) is 2.98. The number of nitriles is 1. The van der Waals surface area contributed by atoms with E-state index in [4.69, 9.17) is 16.3 Å². The van der Waals surface area contributed by atoms with E-state index < -0.39 is 23.8 Å². The third-order valence-electron chi connectivity index (χ3n) is 14.1. The molecule has 0 unspecified atom stereocenters. The molecule has 1 aliphatic carbocycles. The maximum atomic E-state index is 13.5. The van der Waals surface area contributed by atoms with E-state index in [9.17, 15) is 29.2 Å². The monoisotopic (exact) mass is 831 g/mol. The first kappa shape index (κ1) is 40.0. The standard InChI is InChI=1S/C46H50ClN7O6/c1-45(2)43(46(3,4)44(45)60-33-11-7-28(22-48)36(47)21-33)50-39(56)27-5-8-29(9-6-27)51-17-15-26(16-18-51)23-52-24-32-19-31(52)25-53(32)30-10-12-34-35(20-30)42(59)54(41(34)58)37-13-14-38(55)49-40(37)57/h5-12,20-21,26,31-32,37,43-44H,13-19,23-25H2,1-4H3,(H,50,56)(H,49,55,57)/t31-,32-,37-,43?,44?/m1/s1. The molecule has 2 bridgehead atoms. The average Bonchev–Trinajstić information content (AvgIpc) is 3.90. The van der Waals surface area contributed by atoms with E-state index in [0.717, 1.165) is 68.3 Å². The van der Waals surface area contributed by atoms with Gasteiger partial charge in [-0.25, -0.2) is 0 Å². The Hall–Kier alpha value is -5.45. The Morgan fingerprint density at radius 3 is 2.23 bits per heavy atom. The van der Waals surface area contributed by atoms with E-state index in [1.165, 1.54) is 0 Å². The number of piperidine rings is 2. The summed E-state index contributed by atoms with van der Waals surface area (Å²) in [6, 6.07) is 20.2. The molecule has 2 N–H and O–H groups in total. The van der Waals surface area contributed by atoms with Crippen molar-refractivity contribution in [3.63, 3.8) is 0 Å². The number of ether oxygens (including phenoxy) is 1. The summed E-state index contributed by atoms with van der Waals surface area (Å²) < 4.78 is 6.39. The van der Waals surface area contributed by atoms with Crippen LogP contribution >= 0.6 is 11.6 Å². The van der Waals surface area contributed by atoms with Gasteiger partial charge in [0.25, 0.3) is 17.7 Å². The molecule has 0 aromatic heterocycles. The summed E-state index contributed by atoms with van der Waals surface area (Å²) in [5.74, 6) is -0.867. The fraction of sp³-hybridized carbons (Fsp3) is 0.478. The zero-order valence-electron chi connectivity index (χ0n) is 34.4. The van der Waals surface area contributed by atoms with Crippen LogP contribution in [0.25, 0.3) is 0 Å². The molecular formula is C46H50ClN7O6.